The monoisotopic (exact) mass is 287 g/mol. The van der Waals surface area contributed by atoms with Crippen molar-refractivity contribution in [3.05, 3.63) is 53.0 Å². The molecule has 0 atom stereocenters. The summed E-state index contributed by atoms with van der Waals surface area (Å²) in [5, 5.41) is 0. The molecule has 0 aromatic carbocycles. The van der Waals surface area contributed by atoms with E-state index in [0.717, 1.165) is 0 Å². The van der Waals surface area contributed by atoms with E-state index in [0.29, 0.717) is 16.9 Å². The fraction of sp³-hybridized carbons (Fsp3) is 0.214. The number of carbonyl (C=O) groups is 1. The van der Waals surface area contributed by atoms with Crippen LogP contribution in [0.2, 0.25) is 0 Å². The highest BCUT2D eigenvalue weighted by Gasteiger charge is 2.17. The molecule has 0 amide bonds. The molecule has 108 valence electrons. The highest BCUT2D eigenvalue weighted by Crippen LogP contribution is 2.12. The fourth-order valence-electron chi connectivity index (χ4n) is 2.19. The Kier molecular flexibility index (Phi) is 3.31. The normalized spacial score (nSPS) is 10.9. The van der Waals surface area contributed by atoms with Crippen molar-refractivity contribution in [1.82, 2.24) is 14.1 Å². The third-order valence-corrected chi connectivity index (χ3v) is 3.18. The molecule has 7 heteroatoms. The van der Waals surface area contributed by atoms with Crippen molar-refractivity contribution in [1.29, 1.82) is 0 Å². The molecule has 3 heterocycles. The lowest BCUT2D eigenvalue weighted by Crippen LogP contribution is -2.27. The highest BCUT2D eigenvalue weighted by atomic mass is 16.5. The van der Waals surface area contributed by atoms with E-state index in [2.05, 4.69) is 9.72 Å². The van der Waals surface area contributed by atoms with Crippen LogP contribution in [0, 0.1) is 0 Å². The summed E-state index contributed by atoms with van der Waals surface area (Å²) in [6.45, 7) is 0.107. The average Bonchev–Trinajstić information content (AvgIpc) is 3.10. The summed E-state index contributed by atoms with van der Waals surface area (Å²) < 4.78 is 12.7. The van der Waals surface area contributed by atoms with Gasteiger partial charge in [0.25, 0.3) is 0 Å². The zero-order valence-corrected chi connectivity index (χ0v) is 11.4. The molecule has 0 saturated carbocycles. The number of carbonyl (C=O) groups excluding carboxylic acids is 1. The molecular formula is C14H13N3O4. The number of rotatable bonds is 4. The van der Waals surface area contributed by atoms with E-state index in [1.807, 2.05) is 0 Å². The van der Waals surface area contributed by atoms with E-state index in [-0.39, 0.29) is 18.8 Å². The van der Waals surface area contributed by atoms with Gasteiger partial charge in [0.15, 0.2) is 5.65 Å². The zero-order chi connectivity index (χ0) is 14.8. The lowest BCUT2D eigenvalue weighted by Gasteiger charge is -2.00. The van der Waals surface area contributed by atoms with Crippen LogP contribution < -0.4 is 5.69 Å². The minimum Gasteiger partial charge on any atom is -0.468 e. The van der Waals surface area contributed by atoms with Gasteiger partial charge >= 0.3 is 11.7 Å². The number of ether oxygens (including phenoxy) is 1. The van der Waals surface area contributed by atoms with Crippen molar-refractivity contribution in [2.24, 2.45) is 0 Å². The minimum absolute atomic E-state index is 0.150. The molecule has 21 heavy (non-hydrogen) atoms. The largest absolute Gasteiger partial charge is 0.468 e. The van der Waals surface area contributed by atoms with Crippen LogP contribution >= 0.6 is 0 Å². The number of nitrogens with zero attached hydrogens (tertiary/aromatic N) is 3. The highest BCUT2D eigenvalue weighted by molar-refractivity contribution is 5.75. The van der Waals surface area contributed by atoms with Crippen LogP contribution in [0.4, 0.5) is 0 Å². The summed E-state index contributed by atoms with van der Waals surface area (Å²) in [6, 6.07) is 6.98. The maximum absolute atomic E-state index is 12.5. The van der Waals surface area contributed by atoms with Crippen molar-refractivity contribution in [3.8, 4) is 0 Å². The fourth-order valence-corrected chi connectivity index (χ4v) is 2.19. The average molecular weight is 287 g/mol. The van der Waals surface area contributed by atoms with Gasteiger partial charge in [-0.3, -0.25) is 13.9 Å². The lowest BCUT2D eigenvalue weighted by atomic mass is 10.4. The first-order chi connectivity index (χ1) is 10.2. The van der Waals surface area contributed by atoms with Crippen LogP contribution in [0.5, 0.6) is 0 Å². The van der Waals surface area contributed by atoms with Gasteiger partial charge in [0.2, 0.25) is 0 Å². The Labute approximate surface area is 119 Å². The molecule has 3 rings (SSSR count). The molecule has 0 unspecified atom stereocenters. The third kappa shape index (κ3) is 2.33. The number of pyridine rings is 1. The summed E-state index contributed by atoms with van der Waals surface area (Å²) in [6.07, 6.45) is 3.14. The summed E-state index contributed by atoms with van der Waals surface area (Å²) in [5.74, 6) is 0.151. The van der Waals surface area contributed by atoms with Crippen LogP contribution in [0.3, 0.4) is 0 Å². The van der Waals surface area contributed by atoms with Gasteiger partial charge in [-0.25, -0.2) is 9.78 Å². The Balaban J connectivity index is 2.13. The number of esters is 1. The van der Waals surface area contributed by atoms with E-state index in [1.165, 1.54) is 16.2 Å². The second kappa shape index (κ2) is 5.28. The number of fused-ring (bicyclic) bond motifs is 1. The quantitative estimate of drug-likeness (QED) is 0.669. The SMILES string of the molecule is COC(=O)Cn1c(=O)n(Cc2ccco2)c2ncccc21. The standard InChI is InChI=1S/C14H13N3O4/c1-20-12(18)9-16-11-5-2-6-15-13(11)17(14(16)19)8-10-4-3-7-21-10/h2-7H,8-9H2,1H3. The van der Waals surface area contributed by atoms with Crippen molar-refractivity contribution >= 4 is 17.1 Å². The van der Waals surface area contributed by atoms with Gasteiger partial charge in [-0.15, -0.1) is 0 Å². The first kappa shape index (κ1) is 13.2. The molecule has 0 bridgehead atoms. The van der Waals surface area contributed by atoms with Gasteiger partial charge < -0.3 is 9.15 Å². The first-order valence-electron chi connectivity index (χ1n) is 6.34. The van der Waals surface area contributed by atoms with Gasteiger partial charge in [0, 0.05) is 6.20 Å². The van der Waals surface area contributed by atoms with Crippen molar-refractivity contribution in [2.45, 2.75) is 13.1 Å². The number of hydrogen-bond donors (Lipinski definition) is 0. The Morgan fingerprint density at radius 1 is 1.33 bits per heavy atom. The molecule has 0 aliphatic carbocycles. The molecule has 0 aliphatic rings. The molecule has 0 saturated heterocycles. The predicted octanol–water partition coefficient (Wildman–Crippen LogP) is 1.01. The van der Waals surface area contributed by atoms with Gasteiger partial charge in [0.1, 0.15) is 12.3 Å². The van der Waals surface area contributed by atoms with Gasteiger partial charge in [0.05, 0.1) is 25.4 Å². The Hall–Kier alpha value is -2.83. The molecule has 3 aromatic heterocycles. The second-order valence-corrected chi connectivity index (χ2v) is 4.46. The number of hydrogen-bond acceptors (Lipinski definition) is 5. The first-order valence-corrected chi connectivity index (χ1v) is 6.34. The lowest BCUT2D eigenvalue weighted by molar-refractivity contribution is -0.141. The Bertz CT molecular complexity index is 830. The number of furan rings is 1. The summed E-state index contributed by atoms with van der Waals surface area (Å²) in [5.41, 5.74) is 0.757. The van der Waals surface area contributed by atoms with Gasteiger partial charge in [-0.05, 0) is 24.3 Å². The molecule has 7 nitrogen and oxygen atoms in total. The molecule has 0 radical (unpaired) electrons. The second-order valence-electron chi connectivity index (χ2n) is 4.46. The van der Waals surface area contributed by atoms with Crippen molar-refractivity contribution < 1.29 is 13.9 Å². The molecule has 0 spiro atoms. The Morgan fingerprint density at radius 2 is 2.19 bits per heavy atom. The van der Waals surface area contributed by atoms with E-state index < -0.39 is 5.97 Å². The maximum atomic E-state index is 12.5. The molecule has 0 N–H and O–H groups in total. The van der Waals surface area contributed by atoms with E-state index in [1.54, 1.807) is 36.7 Å². The van der Waals surface area contributed by atoms with Crippen LogP contribution in [0.1, 0.15) is 5.76 Å². The number of imidazole rings is 1. The van der Waals surface area contributed by atoms with Crippen LogP contribution in [-0.2, 0) is 22.6 Å². The molecular weight excluding hydrogens is 274 g/mol. The van der Waals surface area contributed by atoms with Crippen LogP contribution in [-0.4, -0.2) is 27.2 Å². The molecule has 0 fully saturated rings. The maximum Gasteiger partial charge on any atom is 0.331 e. The van der Waals surface area contributed by atoms with Gasteiger partial charge in [-0.1, -0.05) is 0 Å². The number of methoxy groups -OCH3 is 1. The molecule has 0 aliphatic heterocycles. The van der Waals surface area contributed by atoms with E-state index >= 15 is 0 Å². The van der Waals surface area contributed by atoms with E-state index in [9.17, 15) is 9.59 Å². The van der Waals surface area contributed by atoms with Crippen molar-refractivity contribution in [3.63, 3.8) is 0 Å². The topological polar surface area (TPSA) is 79.3 Å². The molecule has 3 aromatic rings. The van der Waals surface area contributed by atoms with E-state index in [4.69, 9.17) is 4.42 Å². The summed E-state index contributed by atoms with van der Waals surface area (Å²) in [4.78, 5) is 28.2. The summed E-state index contributed by atoms with van der Waals surface area (Å²) in [7, 11) is 1.29. The Morgan fingerprint density at radius 3 is 2.90 bits per heavy atom. The minimum atomic E-state index is -0.488. The van der Waals surface area contributed by atoms with Crippen molar-refractivity contribution in [2.75, 3.05) is 7.11 Å². The van der Waals surface area contributed by atoms with Crippen LogP contribution in [0.25, 0.3) is 11.2 Å². The smallest absolute Gasteiger partial charge is 0.331 e. The summed E-state index contributed by atoms with van der Waals surface area (Å²) >= 11 is 0. The van der Waals surface area contributed by atoms with Gasteiger partial charge in [-0.2, -0.15) is 0 Å². The third-order valence-electron chi connectivity index (χ3n) is 3.18. The number of aromatic nitrogens is 3. The predicted molar refractivity (Wildman–Crippen MR) is 73.8 cm³/mol. The van der Waals surface area contributed by atoms with Crippen LogP contribution in [0.15, 0.2) is 45.9 Å². The zero-order valence-electron chi connectivity index (χ0n) is 11.4.